The number of carbonyl (C=O) groups excluding carboxylic acids is 1. The lowest BCUT2D eigenvalue weighted by Crippen LogP contribution is -2.13. The molecule has 2 rings (SSSR count). The average molecular weight is 329 g/mol. The van der Waals surface area contributed by atoms with E-state index in [1.807, 2.05) is 37.3 Å². The zero-order chi connectivity index (χ0) is 16.8. The van der Waals surface area contributed by atoms with Crippen LogP contribution in [0.15, 0.2) is 35.4 Å². The van der Waals surface area contributed by atoms with Gasteiger partial charge in [-0.3, -0.25) is 4.79 Å². The molecule has 0 aliphatic heterocycles. The number of Topliss-reactive ketones (excluding diaryl/α,β-unsaturated/α-hetero) is 1. The molecule has 0 aliphatic carbocycles. The Labute approximate surface area is 142 Å². The van der Waals surface area contributed by atoms with Crippen LogP contribution in [0.5, 0.6) is 0 Å². The van der Waals surface area contributed by atoms with Crippen LogP contribution in [0.1, 0.15) is 29.4 Å². The van der Waals surface area contributed by atoms with Crippen LogP contribution in [-0.4, -0.2) is 47.0 Å². The molecule has 0 unspecified atom stereocenters. The largest absolute Gasteiger partial charge is 0.309 e. The first-order valence-corrected chi connectivity index (χ1v) is 8.70. The summed E-state index contributed by atoms with van der Waals surface area (Å²) in [7, 11) is 4.13. The maximum absolute atomic E-state index is 12.0. The van der Waals surface area contributed by atoms with Gasteiger partial charge >= 0.3 is 0 Å². The Bertz CT molecular complexity index is 671. The van der Waals surface area contributed by atoms with Gasteiger partial charge in [0.1, 0.15) is 5.03 Å². The first-order valence-electron chi connectivity index (χ1n) is 7.71. The minimum Gasteiger partial charge on any atom is -0.309 e. The summed E-state index contributed by atoms with van der Waals surface area (Å²) in [5.41, 5.74) is 2.38. The van der Waals surface area contributed by atoms with E-state index in [1.54, 1.807) is 18.7 Å². The van der Waals surface area contributed by atoms with E-state index in [2.05, 4.69) is 29.0 Å². The number of aromatic nitrogens is 2. The minimum atomic E-state index is 0.0252. The highest BCUT2D eigenvalue weighted by Crippen LogP contribution is 2.27. The van der Waals surface area contributed by atoms with E-state index < -0.39 is 0 Å². The van der Waals surface area contributed by atoms with Crippen LogP contribution in [0.2, 0.25) is 0 Å². The molecule has 0 amide bonds. The normalized spacial score (nSPS) is 11.0. The third-order valence-electron chi connectivity index (χ3n) is 3.43. The molecule has 0 atom stereocenters. The highest BCUT2D eigenvalue weighted by atomic mass is 32.2. The maximum Gasteiger partial charge on any atom is 0.164 e. The van der Waals surface area contributed by atoms with Gasteiger partial charge in [0.25, 0.3) is 0 Å². The first-order chi connectivity index (χ1) is 11.0. The lowest BCUT2D eigenvalue weighted by Gasteiger charge is -2.12. The highest BCUT2D eigenvalue weighted by Gasteiger charge is 2.16. The second kappa shape index (κ2) is 8.22. The van der Waals surface area contributed by atoms with Gasteiger partial charge in [0.15, 0.2) is 11.6 Å². The second-order valence-electron chi connectivity index (χ2n) is 5.74. The number of carbonyl (C=O) groups is 1. The van der Waals surface area contributed by atoms with Crippen molar-refractivity contribution in [2.24, 2.45) is 0 Å². The number of benzene rings is 1. The van der Waals surface area contributed by atoms with E-state index in [1.165, 1.54) is 0 Å². The number of ketones is 1. The molecule has 0 aliphatic rings. The van der Waals surface area contributed by atoms with Crippen molar-refractivity contribution in [1.29, 1.82) is 0 Å². The molecule has 1 aromatic heterocycles. The van der Waals surface area contributed by atoms with Crippen molar-refractivity contribution >= 4 is 17.5 Å². The van der Waals surface area contributed by atoms with Gasteiger partial charge in [-0.1, -0.05) is 30.3 Å². The van der Waals surface area contributed by atoms with Crippen molar-refractivity contribution < 1.29 is 4.79 Å². The minimum absolute atomic E-state index is 0.0252. The quantitative estimate of drug-likeness (QED) is 0.335. The van der Waals surface area contributed by atoms with Crippen molar-refractivity contribution in [3.8, 4) is 11.4 Å². The van der Waals surface area contributed by atoms with Crippen molar-refractivity contribution in [3.63, 3.8) is 0 Å². The van der Waals surface area contributed by atoms with Gasteiger partial charge in [-0.2, -0.15) is 0 Å². The highest BCUT2D eigenvalue weighted by molar-refractivity contribution is 7.99. The monoisotopic (exact) mass is 329 g/mol. The molecule has 5 heteroatoms. The summed E-state index contributed by atoms with van der Waals surface area (Å²) >= 11 is 1.64. The lowest BCUT2D eigenvalue weighted by atomic mass is 10.1. The van der Waals surface area contributed by atoms with E-state index in [4.69, 9.17) is 0 Å². The van der Waals surface area contributed by atoms with Crippen LogP contribution < -0.4 is 0 Å². The smallest absolute Gasteiger partial charge is 0.164 e. The Kier molecular flexibility index (Phi) is 6.30. The SMILES string of the molecule is CC(=O)c1c(C)nc(-c2ccccc2)nc1SCCCN(C)C. The zero-order valence-electron chi connectivity index (χ0n) is 14.2. The molecular weight excluding hydrogens is 306 g/mol. The summed E-state index contributed by atoms with van der Waals surface area (Å²) in [6, 6.07) is 9.89. The molecule has 0 saturated heterocycles. The number of thioether (sulfide) groups is 1. The molecule has 122 valence electrons. The molecule has 2 aromatic rings. The van der Waals surface area contributed by atoms with Crippen LogP contribution in [0.3, 0.4) is 0 Å². The summed E-state index contributed by atoms with van der Waals surface area (Å²) in [6.45, 7) is 4.49. The molecule has 0 bridgehead atoms. The third-order valence-corrected chi connectivity index (χ3v) is 4.49. The third kappa shape index (κ3) is 4.88. The Balaban J connectivity index is 2.29. The molecule has 0 N–H and O–H groups in total. The van der Waals surface area contributed by atoms with Crippen LogP contribution in [-0.2, 0) is 0 Å². The number of hydrogen-bond acceptors (Lipinski definition) is 5. The number of nitrogens with zero attached hydrogens (tertiary/aromatic N) is 3. The van der Waals surface area contributed by atoms with Crippen LogP contribution in [0.4, 0.5) is 0 Å². The molecule has 1 aromatic carbocycles. The van der Waals surface area contributed by atoms with Gasteiger partial charge in [0, 0.05) is 11.3 Å². The Morgan fingerprint density at radius 1 is 1.17 bits per heavy atom. The van der Waals surface area contributed by atoms with E-state index in [0.717, 1.165) is 35.0 Å². The van der Waals surface area contributed by atoms with Crippen molar-refractivity contribution in [2.45, 2.75) is 25.3 Å². The summed E-state index contributed by atoms with van der Waals surface area (Å²) in [5, 5.41) is 0.794. The van der Waals surface area contributed by atoms with Gasteiger partial charge < -0.3 is 4.90 Å². The van der Waals surface area contributed by atoms with E-state index in [0.29, 0.717) is 11.4 Å². The summed E-state index contributed by atoms with van der Waals surface area (Å²) < 4.78 is 0. The molecule has 0 saturated carbocycles. The van der Waals surface area contributed by atoms with Crippen LogP contribution in [0, 0.1) is 6.92 Å². The average Bonchev–Trinajstić information content (AvgIpc) is 2.51. The predicted octanol–water partition coefficient (Wildman–Crippen LogP) is 3.70. The van der Waals surface area contributed by atoms with Gasteiger partial charge in [0.2, 0.25) is 0 Å². The zero-order valence-corrected chi connectivity index (χ0v) is 15.0. The number of hydrogen-bond donors (Lipinski definition) is 0. The topological polar surface area (TPSA) is 46.1 Å². The van der Waals surface area contributed by atoms with E-state index in [9.17, 15) is 4.79 Å². The molecule has 0 fully saturated rings. The molecule has 23 heavy (non-hydrogen) atoms. The van der Waals surface area contributed by atoms with E-state index >= 15 is 0 Å². The van der Waals surface area contributed by atoms with Crippen LogP contribution in [0.25, 0.3) is 11.4 Å². The summed E-state index contributed by atoms with van der Waals surface area (Å²) in [6.07, 6.45) is 1.05. The molecular formula is C18H23N3OS. The fraction of sp³-hybridized carbons (Fsp3) is 0.389. The maximum atomic E-state index is 12.0. The van der Waals surface area contributed by atoms with Gasteiger partial charge in [-0.05, 0) is 40.9 Å². The Hall–Kier alpha value is -1.72. The summed E-state index contributed by atoms with van der Waals surface area (Å²) in [5.74, 6) is 1.64. The Morgan fingerprint density at radius 3 is 2.48 bits per heavy atom. The van der Waals surface area contributed by atoms with Crippen molar-refractivity contribution in [1.82, 2.24) is 14.9 Å². The van der Waals surface area contributed by atoms with Crippen LogP contribution >= 0.6 is 11.8 Å². The van der Waals surface area contributed by atoms with Gasteiger partial charge in [0.05, 0.1) is 11.3 Å². The Morgan fingerprint density at radius 2 is 1.87 bits per heavy atom. The predicted molar refractivity (Wildman–Crippen MR) is 96.1 cm³/mol. The molecule has 1 heterocycles. The second-order valence-corrected chi connectivity index (χ2v) is 6.82. The van der Waals surface area contributed by atoms with Crippen molar-refractivity contribution in [2.75, 3.05) is 26.4 Å². The molecule has 0 spiro atoms. The first kappa shape index (κ1) is 17.6. The lowest BCUT2D eigenvalue weighted by molar-refractivity contribution is 0.101. The summed E-state index contributed by atoms with van der Waals surface area (Å²) in [4.78, 5) is 23.3. The molecule has 0 radical (unpaired) electrons. The van der Waals surface area contributed by atoms with E-state index in [-0.39, 0.29) is 5.78 Å². The number of aryl methyl sites for hydroxylation is 1. The van der Waals surface area contributed by atoms with Gasteiger partial charge in [-0.25, -0.2) is 9.97 Å². The van der Waals surface area contributed by atoms with Gasteiger partial charge in [-0.15, -0.1) is 11.8 Å². The number of rotatable bonds is 7. The van der Waals surface area contributed by atoms with Crippen molar-refractivity contribution in [3.05, 3.63) is 41.6 Å². The molecule has 4 nitrogen and oxygen atoms in total. The fourth-order valence-corrected chi connectivity index (χ4v) is 3.38. The standard InChI is InChI=1S/C18H23N3OS/c1-13-16(14(2)22)18(23-12-8-11-21(3)4)20-17(19-13)15-9-6-5-7-10-15/h5-7,9-10H,8,11-12H2,1-4H3. The fourth-order valence-electron chi connectivity index (χ4n) is 2.32.